The second-order valence-electron chi connectivity index (χ2n) is 8.12. The minimum absolute atomic E-state index is 0.0217. The lowest BCUT2D eigenvalue weighted by molar-refractivity contribution is -0.161. The Morgan fingerprint density at radius 1 is 0.750 bits per heavy atom. The van der Waals surface area contributed by atoms with E-state index in [1.807, 2.05) is 41.5 Å². The number of esters is 2. The third-order valence-corrected chi connectivity index (χ3v) is 4.48. The molecule has 0 N–H and O–H groups in total. The zero-order valence-electron chi connectivity index (χ0n) is 18.6. The van der Waals surface area contributed by atoms with E-state index < -0.39 is 23.1 Å². The highest BCUT2D eigenvalue weighted by Crippen LogP contribution is 2.23. The van der Waals surface area contributed by atoms with Gasteiger partial charge < -0.3 is 9.47 Å². The van der Waals surface area contributed by atoms with Crippen molar-refractivity contribution in [3.8, 4) is 0 Å². The predicted molar refractivity (Wildman–Crippen MR) is 116 cm³/mol. The number of carbonyl (C=O) groups is 2. The van der Waals surface area contributed by atoms with Gasteiger partial charge in [0.2, 0.25) is 0 Å². The Morgan fingerprint density at radius 3 is 1.32 bits per heavy atom. The van der Waals surface area contributed by atoms with Crippen molar-refractivity contribution in [3.05, 3.63) is 48.6 Å². The van der Waals surface area contributed by atoms with Crippen LogP contribution in [0.25, 0.3) is 0 Å². The molecule has 28 heavy (non-hydrogen) atoms. The maximum absolute atomic E-state index is 12.2. The summed E-state index contributed by atoms with van der Waals surface area (Å²) in [5, 5.41) is 0. The maximum atomic E-state index is 12.2. The fraction of sp³-hybridized carbons (Fsp3) is 0.583. The summed E-state index contributed by atoms with van der Waals surface area (Å²) in [4.78, 5) is 24.4. The van der Waals surface area contributed by atoms with Crippen molar-refractivity contribution in [1.29, 1.82) is 0 Å². The molecule has 0 spiro atoms. The first-order chi connectivity index (χ1) is 12.9. The molecule has 0 aliphatic carbocycles. The van der Waals surface area contributed by atoms with E-state index in [9.17, 15) is 9.59 Å². The van der Waals surface area contributed by atoms with Crippen molar-refractivity contribution in [2.75, 3.05) is 0 Å². The first-order valence-electron chi connectivity index (χ1n) is 9.93. The highest BCUT2D eigenvalue weighted by molar-refractivity contribution is 5.78. The largest absolute Gasteiger partial charge is 0.455 e. The van der Waals surface area contributed by atoms with E-state index in [-0.39, 0.29) is 12.8 Å². The minimum atomic E-state index is -0.743. The van der Waals surface area contributed by atoms with E-state index in [4.69, 9.17) is 9.47 Å². The van der Waals surface area contributed by atoms with Gasteiger partial charge in [-0.25, -0.2) is 0 Å². The Balaban J connectivity index is 4.57. The molecule has 158 valence electrons. The lowest BCUT2D eigenvalue weighted by atomic mass is 9.99. The van der Waals surface area contributed by atoms with Crippen LogP contribution in [0, 0.1) is 0 Å². The van der Waals surface area contributed by atoms with Crippen molar-refractivity contribution in [2.24, 2.45) is 0 Å². The molecule has 0 bridgehead atoms. The molecule has 2 unspecified atom stereocenters. The molecule has 0 radical (unpaired) electrons. The van der Waals surface area contributed by atoms with Crippen molar-refractivity contribution >= 4 is 11.9 Å². The zero-order chi connectivity index (χ0) is 21.8. The molecule has 0 amide bonds. The van der Waals surface area contributed by atoms with Gasteiger partial charge in [0.1, 0.15) is 11.2 Å². The molecule has 4 heteroatoms. The molecule has 4 nitrogen and oxygen atoms in total. The van der Waals surface area contributed by atoms with Crippen LogP contribution >= 0.6 is 0 Å². The van der Waals surface area contributed by atoms with Gasteiger partial charge in [-0.1, -0.05) is 36.5 Å². The molecule has 0 saturated carbocycles. The molecule has 0 heterocycles. The summed E-state index contributed by atoms with van der Waals surface area (Å²) in [6.07, 6.45) is 10.3. The molecule has 2 atom stereocenters. The first kappa shape index (κ1) is 25.9. The van der Waals surface area contributed by atoms with Gasteiger partial charge in [-0.15, -0.1) is 0 Å². The molecule has 0 aliphatic heterocycles. The third kappa shape index (κ3) is 11.6. The van der Waals surface area contributed by atoms with Crippen molar-refractivity contribution in [1.82, 2.24) is 0 Å². The van der Waals surface area contributed by atoms with E-state index in [2.05, 4.69) is 25.3 Å². The Kier molecular flexibility index (Phi) is 11.4. The second kappa shape index (κ2) is 12.4. The van der Waals surface area contributed by atoms with E-state index in [1.165, 1.54) is 11.1 Å². The lowest BCUT2D eigenvalue weighted by Crippen LogP contribution is -2.31. The summed E-state index contributed by atoms with van der Waals surface area (Å²) in [7, 11) is 0. The zero-order valence-corrected chi connectivity index (χ0v) is 18.6. The predicted octanol–water partition coefficient (Wildman–Crippen LogP) is 6.24. The Hall–Kier alpha value is -2.10. The van der Waals surface area contributed by atoms with Crippen LogP contribution in [-0.2, 0) is 19.1 Å². The van der Waals surface area contributed by atoms with Gasteiger partial charge in [0.15, 0.2) is 0 Å². The molecular formula is C24H38O4. The van der Waals surface area contributed by atoms with Gasteiger partial charge in [-0.2, -0.15) is 0 Å². The quantitative estimate of drug-likeness (QED) is 0.276. The average molecular weight is 391 g/mol. The molecule has 0 saturated heterocycles. The normalized spacial score (nSPS) is 14.6. The first-order valence-corrected chi connectivity index (χ1v) is 9.93. The summed E-state index contributed by atoms with van der Waals surface area (Å²) in [6.45, 7) is 19.3. The molecular weight excluding hydrogens is 352 g/mol. The van der Waals surface area contributed by atoms with E-state index in [1.54, 1.807) is 12.2 Å². The molecule has 0 aliphatic rings. The number of hydrogen-bond donors (Lipinski definition) is 0. The summed E-state index contributed by atoms with van der Waals surface area (Å²) < 4.78 is 11.1. The fourth-order valence-electron chi connectivity index (χ4n) is 2.51. The Labute approximate surface area is 171 Å². The van der Waals surface area contributed by atoms with Crippen molar-refractivity contribution in [3.63, 3.8) is 0 Å². The van der Waals surface area contributed by atoms with Crippen LogP contribution in [0.5, 0.6) is 0 Å². The van der Waals surface area contributed by atoms with Gasteiger partial charge in [-0.3, -0.25) is 9.59 Å². The molecule has 0 aromatic rings. The summed E-state index contributed by atoms with van der Waals surface area (Å²) in [6, 6.07) is 0. The van der Waals surface area contributed by atoms with Crippen LogP contribution in [0.4, 0.5) is 0 Å². The van der Waals surface area contributed by atoms with Crippen LogP contribution in [0.3, 0.4) is 0 Å². The van der Waals surface area contributed by atoms with Crippen molar-refractivity contribution < 1.29 is 19.1 Å². The smallest absolute Gasteiger partial charge is 0.307 e. The topological polar surface area (TPSA) is 52.6 Å². The molecule has 0 rings (SSSR count). The average Bonchev–Trinajstić information content (AvgIpc) is 2.59. The Bertz CT molecular complexity index is 552. The van der Waals surface area contributed by atoms with Crippen molar-refractivity contribution in [2.45, 2.75) is 91.3 Å². The SMILES string of the molecule is C=CC(C)(CCC=C(C)C)OC(=O)CCC(=O)OC(C)(C=C)CCC=C(C)C. The highest BCUT2D eigenvalue weighted by atomic mass is 16.6. The molecule has 0 aromatic carbocycles. The third-order valence-electron chi connectivity index (χ3n) is 4.48. The van der Waals surface area contributed by atoms with E-state index >= 15 is 0 Å². The Morgan fingerprint density at radius 2 is 1.07 bits per heavy atom. The number of allylic oxidation sites excluding steroid dienone is 4. The van der Waals surface area contributed by atoms with Crippen LogP contribution in [0.2, 0.25) is 0 Å². The van der Waals surface area contributed by atoms with Crippen LogP contribution in [-0.4, -0.2) is 23.1 Å². The van der Waals surface area contributed by atoms with Gasteiger partial charge in [0, 0.05) is 0 Å². The molecule has 0 aromatic heterocycles. The van der Waals surface area contributed by atoms with E-state index in [0.717, 1.165) is 12.8 Å². The van der Waals surface area contributed by atoms with E-state index in [0.29, 0.717) is 12.8 Å². The summed E-state index contributed by atoms with van der Waals surface area (Å²) >= 11 is 0. The maximum Gasteiger partial charge on any atom is 0.307 e. The van der Waals surface area contributed by atoms with Gasteiger partial charge in [-0.05, 0) is 79.4 Å². The standard InChI is InChI=1S/C24H38O4/c1-9-23(7,17-11-13-19(3)4)27-21(25)15-16-22(26)28-24(8,10-2)18-12-14-20(5)6/h9-10,13-14H,1-2,11-12,15-18H2,3-8H3. The number of hydrogen-bond acceptors (Lipinski definition) is 4. The highest BCUT2D eigenvalue weighted by Gasteiger charge is 2.27. The lowest BCUT2D eigenvalue weighted by Gasteiger charge is -2.27. The number of ether oxygens (including phenoxy) is 2. The van der Waals surface area contributed by atoms with Crippen LogP contribution in [0.1, 0.15) is 80.1 Å². The number of rotatable bonds is 13. The van der Waals surface area contributed by atoms with Crippen LogP contribution < -0.4 is 0 Å². The summed E-state index contributed by atoms with van der Waals surface area (Å²) in [5.74, 6) is -0.859. The minimum Gasteiger partial charge on any atom is -0.455 e. The van der Waals surface area contributed by atoms with Gasteiger partial charge in [0.05, 0.1) is 12.8 Å². The monoisotopic (exact) mass is 390 g/mol. The van der Waals surface area contributed by atoms with Gasteiger partial charge >= 0.3 is 11.9 Å². The molecule has 0 fully saturated rings. The number of carbonyl (C=O) groups excluding carboxylic acids is 2. The van der Waals surface area contributed by atoms with Crippen LogP contribution in [0.15, 0.2) is 48.6 Å². The summed E-state index contributed by atoms with van der Waals surface area (Å²) in [5.41, 5.74) is 0.950. The second-order valence-corrected chi connectivity index (χ2v) is 8.12. The van der Waals surface area contributed by atoms with Gasteiger partial charge in [0.25, 0.3) is 0 Å². The fourth-order valence-corrected chi connectivity index (χ4v) is 2.51.